The molecule has 0 N–H and O–H groups in total. The van der Waals surface area contributed by atoms with Crippen molar-refractivity contribution in [3.63, 3.8) is 0 Å². The van der Waals surface area contributed by atoms with Gasteiger partial charge in [0.05, 0.1) is 0 Å². The molecular formula is C22H23OP. The van der Waals surface area contributed by atoms with Crippen molar-refractivity contribution in [2.45, 2.75) is 13.3 Å². The monoisotopic (exact) mass is 334 g/mol. The Kier molecular flexibility index (Phi) is 5.13. The van der Waals surface area contributed by atoms with E-state index in [1.54, 1.807) is 6.92 Å². The lowest BCUT2D eigenvalue weighted by atomic mass is 10.3. The molecule has 2 heteroatoms. The van der Waals surface area contributed by atoms with Crippen LogP contribution in [0, 0.1) is 0 Å². The zero-order valence-electron chi connectivity index (χ0n) is 13.8. The minimum absolute atomic E-state index is 0. The summed E-state index contributed by atoms with van der Waals surface area (Å²) >= 11 is 0. The Bertz CT molecular complexity index is 755. The number of carbonyl (C=O) groups excluding carboxylic acids is 1. The quantitative estimate of drug-likeness (QED) is 0.645. The Morgan fingerprint density at radius 1 is 0.750 bits per heavy atom. The smallest absolute Gasteiger partial charge is 0.133 e. The Labute approximate surface area is 145 Å². The zero-order chi connectivity index (χ0) is 16.8. The number of rotatable bonds is 5. The van der Waals surface area contributed by atoms with Crippen LogP contribution in [0.25, 0.3) is 0 Å². The van der Waals surface area contributed by atoms with Crippen molar-refractivity contribution in [1.82, 2.24) is 0 Å². The van der Waals surface area contributed by atoms with E-state index >= 15 is 0 Å². The van der Waals surface area contributed by atoms with Crippen LogP contribution < -0.4 is 15.9 Å². The molecule has 3 aromatic carbocycles. The van der Waals surface area contributed by atoms with Crippen LogP contribution in [0.4, 0.5) is 0 Å². The first-order valence-electron chi connectivity index (χ1n) is 8.13. The van der Waals surface area contributed by atoms with Gasteiger partial charge in [-0.2, -0.15) is 0 Å². The fourth-order valence-corrected chi connectivity index (χ4v) is 7.00. The lowest BCUT2D eigenvalue weighted by molar-refractivity contribution is -0.115. The van der Waals surface area contributed by atoms with Crippen molar-refractivity contribution in [3.8, 4) is 0 Å². The van der Waals surface area contributed by atoms with Gasteiger partial charge in [-0.3, -0.25) is 4.79 Å². The molecule has 0 spiro atoms. The number of carbonyl (C=O) groups is 1. The zero-order valence-corrected chi connectivity index (χ0v) is 14.7. The Balaban J connectivity index is 0.00000225. The van der Waals surface area contributed by atoms with Crippen molar-refractivity contribution in [2.75, 3.05) is 0 Å². The van der Waals surface area contributed by atoms with Gasteiger partial charge in [-0.1, -0.05) is 96.8 Å². The van der Waals surface area contributed by atoms with Crippen LogP contribution in [0.1, 0.15) is 14.8 Å². The summed E-state index contributed by atoms with van der Waals surface area (Å²) in [6.45, 7) is -0.294. The fourth-order valence-electron chi connectivity index (χ4n) is 3.02. The van der Waals surface area contributed by atoms with Crippen molar-refractivity contribution in [1.29, 1.82) is 0 Å². The third-order valence-corrected chi connectivity index (χ3v) is 8.21. The summed E-state index contributed by atoms with van der Waals surface area (Å²) in [7, 11) is 0. The van der Waals surface area contributed by atoms with Gasteiger partial charge in [-0.05, 0) is 29.7 Å². The molecule has 0 radical (unpaired) electrons. The average Bonchev–Trinajstić information content (AvgIpc) is 2.65. The first-order valence-corrected chi connectivity index (χ1v) is 9.99. The maximum atomic E-state index is 11.8. The highest BCUT2D eigenvalue weighted by molar-refractivity contribution is 7.94. The summed E-state index contributed by atoms with van der Waals surface area (Å²) in [4.78, 5) is 11.8. The van der Waals surface area contributed by atoms with E-state index in [-0.39, 0.29) is 7.21 Å². The van der Waals surface area contributed by atoms with Crippen LogP contribution in [0.5, 0.6) is 0 Å². The summed E-state index contributed by atoms with van der Waals surface area (Å²) < 4.78 is 0. The standard InChI is InChI=1S/C22H21OP.H2/c1-19(23)17-18-24(20-11-5-2-6-12-20,21-13-7-3-8-14-21)22-15-9-4-10-16-22;/h2-16,18H,17H2,1H3;1H. The lowest BCUT2D eigenvalue weighted by Crippen LogP contribution is -2.27. The normalized spacial score (nSPS) is 11.0. The van der Waals surface area contributed by atoms with E-state index in [1.807, 2.05) is 18.2 Å². The van der Waals surface area contributed by atoms with Crippen LogP contribution in [0.3, 0.4) is 0 Å². The molecule has 0 aliphatic rings. The van der Waals surface area contributed by atoms with Gasteiger partial charge in [-0.25, -0.2) is 0 Å². The van der Waals surface area contributed by atoms with Crippen LogP contribution in [-0.2, 0) is 4.79 Å². The summed E-state index contributed by atoms with van der Waals surface area (Å²) in [6, 6.07) is 31.7. The predicted octanol–water partition coefficient (Wildman–Crippen LogP) is 4.01. The predicted molar refractivity (Wildman–Crippen MR) is 109 cm³/mol. The van der Waals surface area contributed by atoms with Gasteiger partial charge >= 0.3 is 0 Å². The van der Waals surface area contributed by atoms with Crippen molar-refractivity contribution in [3.05, 3.63) is 91.0 Å². The Morgan fingerprint density at radius 2 is 1.08 bits per heavy atom. The number of hydrogen-bond acceptors (Lipinski definition) is 1. The van der Waals surface area contributed by atoms with E-state index in [0.717, 1.165) is 0 Å². The van der Waals surface area contributed by atoms with Crippen molar-refractivity contribution in [2.24, 2.45) is 0 Å². The second-order valence-corrected chi connectivity index (χ2v) is 9.18. The molecule has 0 unspecified atom stereocenters. The first-order chi connectivity index (χ1) is 11.7. The molecule has 0 aromatic heterocycles. The van der Waals surface area contributed by atoms with Crippen LogP contribution in [0.15, 0.2) is 91.0 Å². The van der Waals surface area contributed by atoms with Gasteiger partial charge in [-0.15, -0.1) is 0 Å². The molecule has 0 heterocycles. The minimum Gasteiger partial charge on any atom is -0.300 e. The molecule has 122 valence electrons. The van der Waals surface area contributed by atoms with Crippen molar-refractivity contribution >= 4 is 34.4 Å². The van der Waals surface area contributed by atoms with Gasteiger partial charge in [0.2, 0.25) is 0 Å². The fraction of sp³-hybridized carbons (Fsp3) is 0.0909. The molecule has 0 aliphatic carbocycles. The van der Waals surface area contributed by atoms with Crippen LogP contribution >= 0.6 is 6.89 Å². The van der Waals surface area contributed by atoms with Crippen molar-refractivity contribution < 1.29 is 6.22 Å². The average molecular weight is 334 g/mol. The highest BCUT2D eigenvalue weighted by Crippen LogP contribution is 2.43. The highest BCUT2D eigenvalue weighted by atomic mass is 31.2. The molecule has 24 heavy (non-hydrogen) atoms. The van der Waals surface area contributed by atoms with E-state index in [4.69, 9.17) is 0 Å². The maximum Gasteiger partial charge on any atom is 0.133 e. The molecule has 0 saturated carbocycles. The number of benzene rings is 3. The SMILES string of the molecule is CC(=O)CC=P(c1ccccc1)(c1ccccc1)c1ccccc1.[HH]. The maximum absolute atomic E-state index is 11.8. The summed E-state index contributed by atoms with van der Waals surface area (Å²) in [6.07, 6.45) is 0.479. The Morgan fingerprint density at radius 3 is 1.38 bits per heavy atom. The molecule has 0 atom stereocenters. The molecule has 0 fully saturated rings. The van der Waals surface area contributed by atoms with E-state index in [1.165, 1.54) is 15.9 Å². The highest BCUT2D eigenvalue weighted by Gasteiger charge is 2.24. The lowest BCUT2D eigenvalue weighted by Gasteiger charge is -2.28. The van der Waals surface area contributed by atoms with Crippen LogP contribution in [0.2, 0.25) is 0 Å². The van der Waals surface area contributed by atoms with Gasteiger partial charge in [0.25, 0.3) is 0 Å². The van der Waals surface area contributed by atoms with Gasteiger partial charge in [0.1, 0.15) is 5.78 Å². The molecule has 0 aliphatic heterocycles. The summed E-state index contributed by atoms with van der Waals surface area (Å²) in [5, 5.41) is 3.84. The topological polar surface area (TPSA) is 17.1 Å². The Hall–Kier alpha value is -2.37. The second-order valence-electron chi connectivity index (χ2n) is 5.82. The van der Waals surface area contributed by atoms with E-state index < -0.39 is 6.89 Å². The third kappa shape index (κ3) is 3.27. The molecule has 0 saturated heterocycles. The molecule has 3 rings (SSSR count). The van der Waals surface area contributed by atoms with E-state index in [9.17, 15) is 4.79 Å². The molecule has 0 amide bonds. The van der Waals surface area contributed by atoms with E-state index in [0.29, 0.717) is 6.42 Å². The number of hydrogen-bond donors (Lipinski definition) is 0. The molecular weight excluding hydrogens is 311 g/mol. The molecule has 3 aromatic rings. The molecule has 1 nitrogen and oxygen atoms in total. The van der Waals surface area contributed by atoms with Gasteiger partial charge < -0.3 is 0 Å². The van der Waals surface area contributed by atoms with Gasteiger partial charge in [0.15, 0.2) is 0 Å². The van der Waals surface area contributed by atoms with Crippen LogP contribution in [-0.4, -0.2) is 11.6 Å². The number of Topliss-reactive ketones (excluding diaryl/α,β-unsaturated/α-hetero) is 1. The van der Waals surface area contributed by atoms with Gasteiger partial charge in [0, 0.05) is 7.85 Å². The minimum atomic E-state index is -1.95. The first kappa shape index (κ1) is 16.5. The van der Waals surface area contributed by atoms with E-state index in [2.05, 4.69) is 78.6 Å². The summed E-state index contributed by atoms with van der Waals surface area (Å²) in [5.41, 5.74) is 0. The number of ketones is 1. The summed E-state index contributed by atoms with van der Waals surface area (Å²) in [5.74, 6) is 2.46. The third-order valence-electron chi connectivity index (χ3n) is 4.14. The largest absolute Gasteiger partial charge is 0.300 e. The second kappa shape index (κ2) is 7.47. The molecule has 0 bridgehead atoms.